The zero-order valence-corrected chi connectivity index (χ0v) is 9.82. The van der Waals surface area contributed by atoms with Crippen LogP contribution in [0.3, 0.4) is 0 Å². The lowest BCUT2D eigenvalue weighted by Crippen LogP contribution is -2.44. The van der Waals surface area contributed by atoms with Crippen molar-refractivity contribution in [2.24, 2.45) is 11.1 Å². The standard InChI is InChI=1S/C11H19N3O2/c1-3-11(4-2,8-12)10(15)13-7-9-5-6-14-16-9/h5-6H,3-4,7-8,12H2,1-2H3,(H,13,15). The summed E-state index contributed by atoms with van der Waals surface area (Å²) in [5.41, 5.74) is 5.22. The second kappa shape index (κ2) is 5.65. The van der Waals surface area contributed by atoms with Gasteiger partial charge in [0.25, 0.3) is 0 Å². The fourth-order valence-corrected chi connectivity index (χ4v) is 1.64. The summed E-state index contributed by atoms with van der Waals surface area (Å²) in [6.07, 6.45) is 3.03. The Bertz CT molecular complexity index is 310. The maximum absolute atomic E-state index is 12.0. The first-order valence-corrected chi connectivity index (χ1v) is 5.56. The molecular weight excluding hydrogens is 206 g/mol. The highest BCUT2D eigenvalue weighted by molar-refractivity contribution is 5.82. The number of hydrogen-bond donors (Lipinski definition) is 2. The quantitative estimate of drug-likeness (QED) is 0.758. The van der Waals surface area contributed by atoms with Crippen LogP contribution in [-0.2, 0) is 11.3 Å². The molecule has 0 bridgehead atoms. The van der Waals surface area contributed by atoms with Crippen molar-refractivity contribution < 1.29 is 9.32 Å². The molecule has 0 spiro atoms. The molecule has 0 aliphatic heterocycles. The summed E-state index contributed by atoms with van der Waals surface area (Å²) < 4.78 is 4.90. The van der Waals surface area contributed by atoms with Crippen molar-refractivity contribution in [2.45, 2.75) is 33.2 Å². The summed E-state index contributed by atoms with van der Waals surface area (Å²) >= 11 is 0. The van der Waals surface area contributed by atoms with Gasteiger partial charge in [0.05, 0.1) is 18.2 Å². The summed E-state index contributed by atoms with van der Waals surface area (Å²) in [5, 5.41) is 6.40. The summed E-state index contributed by atoms with van der Waals surface area (Å²) in [5.74, 6) is 0.628. The number of aromatic nitrogens is 1. The molecule has 1 aromatic rings. The van der Waals surface area contributed by atoms with Gasteiger partial charge in [-0.25, -0.2) is 0 Å². The number of nitrogens with two attached hydrogens (primary N) is 1. The van der Waals surface area contributed by atoms with Crippen molar-refractivity contribution in [3.63, 3.8) is 0 Å². The summed E-state index contributed by atoms with van der Waals surface area (Å²) in [6, 6.07) is 1.72. The Kier molecular flexibility index (Phi) is 4.49. The fourth-order valence-electron chi connectivity index (χ4n) is 1.64. The van der Waals surface area contributed by atoms with Crippen LogP contribution in [0.5, 0.6) is 0 Å². The molecule has 0 saturated heterocycles. The van der Waals surface area contributed by atoms with Crippen LogP contribution in [0.15, 0.2) is 16.8 Å². The molecule has 0 radical (unpaired) electrons. The fraction of sp³-hybridized carbons (Fsp3) is 0.636. The number of nitrogens with one attached hydrogen (secondary N) is 1. The van der Waals surface area contributed by atoms with Gasteiger partial charge in [-0.3, -0.25) is 4.79 Å². The van der Waals surface area contributed by atoms with Gasteiger partial charge in [-0.05, 0) is 12.8 Å². The van der Waals surface area contributed by atoms with E-state index < -0.39 is 5.41 Å². The number of rotatable bonds is 6. The number of nitrogens with zero attached hydrogens (tertiary/aromatic N) is 1. The smallest absolute Gasteiger partial charge is 0.227 e. The summed E-state index contributed by atoms with van der Waals surface area (Å²) in [7, 11) is 0. The third-order valence-corrected chi connectivity index (χ3v) is 3.14. The number of carbonyl (C=O) groups excluding carboxylic acids is 1. The van der Waals surface area contributed by atoms with E-state index >= 15 is 0 Å². The predicted octanol–water partition coefficient (Wildman–Crippen LogP) is 1.06. The third-order valence-electron chi connectivity index (χ3n) is 3.14. The van der Waals surface area contributed by atoms with E-state index in [1.54, 1.807) is 12.3 Å². The van der Waals surface area contributed by atoms with E-state index in [0.717, 1.165) is 12.8 Å². The van der Waals surface area contributed by atoms with Crippen LogP contribution in [0.1, 0.15) is 32.4 Å². The first-order valence-electron chi connectivity index (χ1n) is 5.56. The lowest BCUT2D eigenvalue weighted by Gasteiger charge is -2.28. The van der Waals surface area contributed by atoms with Crippen LogP contribution in [-0.4, -0.2) is 17.6 Å². The summed E-state index contributed by atoms with van der Waals surface area (Å²) in [6.45, 7) is 4.68. The highest BCUT2D eigenvalue weighted by Crippen LogP contribution is 2.24. The first-order chi connectivity index (χ1) is 7.68. The van der Waals surface area contributed by atoms with Crippen LogP contribution in [0.2, 0.25) is 0 Å². The molecule has 1 heterocycles. The molecule has 0 fully saturated rings. The van der Waals surface area contributed by atoms with Crippen LogP contribution in [0, 0.1) is 5.41 Å². The van der Waals surface area contributed by atoms with Crippen molar-refractivity contribution >= 4 is 5.91 Å². The van der Waals surface area contributed by atoms with Gasteiger partial charge in [0.15, 0.2) is 5.76 Å². The van der Waals surface area contributed by atoms with Crippen LogP contribution in [0.4, 0.5) is 0 Å². The van der Waals surface area contributed by atoms with Gasteiger partial charge < -0.3 is 15.6 Å². The topological polar surface area (TPSA) is 81.2 Å². The molecule has 16 heavy (non-hydrogen) atoms. The van der Waals surface area contributed by atoms with Crippen LogP contribution < -0.4 is 11.1 Å². The van der Waals surface area contributed by atoms with Crippen molar-refractivity contribution in [3.05, 3.63) is 18.0 Å². The van der Waals surface area contributed by atoms with E-state index in [2.05, 4.69) is 10.5 Å². The average molecular weight is 225 g/mol. The monoisotopic (exact) mass is 225 g/mol. The lowest BCUT2D eigenvalue weighted by atomic mass is 9.81. The van der Waals surface area contributed by atoms with E-state index in [1.165, 1.54) is 0 Å². The Balaban J connectivity index is 2.56. The molecule has 5 nitrogen and oxygen atoms in total. The molecule has 0 unspecified atom stereocenters. The molecular formula is C11H19N3O2. The van der Waals surface area contributed by atoms with Crippen molar-refractivity contribution in [3.8, 4) is 0 Å². The van der Waals surface area contributed by atoms with Crippen LogP contribution in [0.25, 0.3) is 0 Å². The molecule has 0 aliphatic carbocycles. The van der Waals surface area contributed by atoms with Crippen LogP contribution >= 0.6 is 0 Å². The third kappa shape index (κ3) is 2.61. The van der Waals surface area contributed by atoms with E-state index in [1.807, 2.05) is 13.8 Å². The molecule has 3 N–H and O–H groups in total. The zero-order valence-electron chi connectivity index (χ0n) is 9.82. The SMILES string of the molecule is CCC(CC)(CN)C(=O)NCc1ccno1. The molecule has 0 atom stereocenters. The molecule has 1 rings (SSSR count). The molecule has 90 valence electrons. The maximum atomic E-state index is 12.0. The normalized spacial score (nSPS) is 11.4. The van der Waals surface area contributed by atoms with E-state index in [9.17, 15) is 4.79 Å². The Morgan fingerprint density at radius 1 is 1.56 bits per heavy atom. The zero-order chi connectivity index (χ0) is 12.0. The Morgan fingerprint density at radius 2 is 2.25 bits per heavy atom. The Labute approximate surface area is 95.4 Å². The maximum Gasteiger partial charge on any atom is 0.227 e. The van der Waals surface area contributed by atoms with E-state index in [-0.39, 0.29) is 5.91 Å². The molecule has 0 aromatic carbocycles. The molecule has 1 amide bonds. The number of amides is 1. The van der Waals surface area contributed by atoms with E-state index in [4.69, 9.17) is 10.3 Å². The second-order valence-electron chi connectivity index (χ2n) is 3.85. The molecule has 5 heteroatoms. The van der Waals surface area contributed by atoms with Gasteiger partial charge in [0, 0.05) is 12.6 Å². The molecule has 0 aliphatic rings. The van der Waals surface area contributed by atoms with Gasteiger partial charge in [-0.15, -0.1) is 0 Å². The van der Waals surface area contributed by atoms with Crippen molar-refractivity contribution in [2.75, 3.05) is 6.54 Å². The van der Waals surface area contributed by atoms with E-state index in [0.29, 0.717) is 18.8 Å². The second-order valence-corrected chi connectivity index (χ2v) is 3.85. The largest absolute Gasteiger partial charge is 0.360 e. The highest BCUT2D eigenvalue weighted by Gasteiger charge is 2.33. The molecule has 1 aromatic heterocycles. The highest BCUT2D eigenvalue weighted by atomic mass is 16.5. The van der Waals surface area contributed by atoms with Gasteiger partial charge >= 0.3 is 0 Å². The van der Waals surface area contributed by atoms with Gasteiger partial charge in [-0.1, -0.05) is 19.0 Å². The minimum atomic E-state index is -0.458. The van der Waals surface area contributed by atoms with Crippen molar-refractivity contribution in [1.82, 2.24) is 10.5 Å². The first kappa shape index (κ1) is 12.7. The Morgan fingerprint density at radius 3 is 2.69 bits per heavy atom. The minimum absolute atomic E-state index is 0.0172. The Hall–Kier alpha value is -1.36. The number of hydrogen-bond acceptors (Lipinski definition) is 4. The minimum Gasteiger partial charge on any atom is -0.360 e. The van der Waals surface area contributed by atoms with Gasteiger partial charge in [-0.2, -0.15) is 0 Å². The number of carbonyl (C=O) groups is 1. The molecule has 0 saturated carbocycles. The van der Waals surface area contributed by atoms with Gasteiger partial charge in [0.1, 0.15) is 0 Å². The summed E-state index contributed by atoms with van der Waals surface area (Å²) in [4.78, 5) is 12.0. The average Bonchev–Trinajstić information content (AvgIpc) is 2.82. The van der Waals surface area contributed by atoms with Crippen molar-refractivity contribution in [1.29, 1.82) is 0 Å². The predicted molar refractivity (Wildman–Crippen MR) is 60.4 cm³/mol. The lowest BCUT2D eigenvalue weighted by molar-refractivity contribution is -0.131. The van der Waals surface area contributed by atoms with Gasteiger partial charge in [0.2, 0.25) is 5.91 Å².